The van der Waals surface area contributed by atoms with Crippen LogP contribution in [0.1, 0.15) is 10.5 Å². The topological polar surface area (TPSA) is 100 Å². The average Bonchev–Trinajstić information content (AvgIpc) is 2.77. The number of hydrogen-bond donors (Lipinski definition) is 2. The SMILES string of the molecule is CS(=O)(=O)c1ccccc1-c1cc(C(=O)O)[nH]n1. The summed E-state index contributed by atoms with van der Waals surface area (Å²) < 4.78 is 23.2. The lowest BCUT2D eigenvalue weighted by Crippen LogP contribution is -1.99. The molecule has 1 heterocycles. The summed E-state index contributed by atoms with van der Waals surface area (Å²) in [6, 6.07) is 7.61. The van der Waals surface area contributed by atoms with Crippen LogP contribution in [0.2, 0.25) is 0 Å². The summed E-state index contributed by atoms with van der Waals surface area (Å²) in [7, 11) is -3.39. The molecule has 0 amide bonds. The van der Waals surface area contributed by atoms with E-state index in [0.29, 0.717) is 5.56 Å². The van der Waals surface area contributed by atoms with E-state index in [-0.39, 0.29) is 16.3 Å². The number of benzene rings is 1. The second-order valence-electron chi connectivity index (χ2n) is 3.74. The van der Waals surface area contributed by atoms with E-state index < -0.39 is 15.8 Å². The summed E-state index contributed by atoms with van der Waals surface area (Å²) >= 11 is 0. The fourth-order valence-corrected chi connectivity index (χ4v) is 2.47. The standard InChI is InChI=1S/C11H10N2O4S/c1-18(16,17)10-5-3-2-4-7(10)8-6-9(11(14)15)13-12-8/h2-6H,1H3,(H,12,13)(H,14,15). The molecule has 7 heteroatoms. The molecule has 1 aromatic carbocycles. The van der Waals surface area contributed by atoms with Crippen LogP contribution in [0.5, 0.6) is 0 Å². The molecule has 18 heavy (non-hydrogen) atoms. The number of rotatable bonds is 3. The van der Waals surface area contributed by atoms with Gasteiger partial charge in [-0.2, -0.15) is 5.10 Å². The Morgan fingerprint density at radius 1 is 1.33 bits per heavy atom. The van der Waals surface area contributed by atoms with E-state index >= 15 is 0 Å². The molecule has 0 saturated heterocycles. The quantitative estimate of drug-likeness (QED) is 0.868. The van der Waals surface area contributed by atoms with Crippen molar-refractivity contribution >= 4 is 15.8 Å². The zero-order valence-electron chi connectivity index (χ0n) is 9.41. The fourth-order valence-electron chi connectivity index (χ4n) is 1.57. The molecule has 2 N–H and O–H groups in total. The summed E-state index contributed by atoms with van der Waals surface area (Å²) in [5.41, 5.74) is 0.575. The van der Waals surface area contributed by atoms with Crippen LogP contribution in [0, 0.1) is 0 Å². The van der Waals surface area contributed by atoms with Gasteiger partial charge in [-0.05, 0) is 12.1 Å². The highest BCUT2D eigenvalue weighted by Crippen LogP contribution is 2.25. The third-order valence-electron chi connectivity index (χ3n) is 2.37. The molecule has 2 aromatic rings. The van der Waals surface area contributed by atoms with Crippen LogP contribution in [-0.4, -0.2) is 35.9 Å². The molecule has 0 radical (unpaired) electrons. The molecule has 2 rings (SSSR count). The highest BCUT2D eigenvalue weighted by molar-refractivity contribution is 7.90. The molecule has 0 unspecified atom stereocenters. The maximum Gasteiger partial charge on any atom is 0.353 e. The minimum Gasteiger partial charge on any atom is -0.477 e. The van der Waals surface area contributed by atoms with Gasteiger partial charge in [0.25, 0.3) is 0 Å². The molecular formula is C11H10N2O4S. The minimum atomic E-state index is -3.39. The molecule has 94 valence electrons. The van der Waals surface area contributed by atoms with Gasteiger partial charge in [0.1, 0.15) is 5.69 Å². The van der Waals surface area contributed by atoms with Gasteiger partial charge in [-0.25, -0.2) is 13.2 Å². The van der Waals surface area contributed by atoms with Crippen LogP contribution in [0.15, 0.2) is 35.2 Å². The second-order valence-corrected chi connectivity index (χ2v) is 5.72. The second kappa shape index (κ2) is 4.26. The van der Waals surface area contributed by atoms with Crippen molar-refractivity contribution in [1.29, 1.82) is 0 Å². The van der Waals surface area contributed by atoms with Crippen LogP contribution < -0.4 is 0 Å². The van der Waals surface area contributed by atoms with E-state index in [2.05, 4.69) is 10.2 Å². The Morgan fingerprint density at radius 3 is 2.56 bits per heavy atom. The number of nitrogens with one attached hydrogen (secondary N) is 1. The number of aromatic amines is 1. The largest absolute Gasteiger partial charge is 0.477 e. The van der Waals surface area contributed by atoms with Gasteiger partial charge in [0.05, 0.1) is 10.6 Å². The molecule has 0 saturated carbocycles. The Balaban J connectivity index is 2.61. The van der Waals surface area contributed by atoms with Gasteiger partial charge in [-0.1, -0.05) is 18.2 Å². The van der Waals surface area contributed by atoms with Gasteiger partial charge in [0.2, 0.25) is 0 Å². The van der Waals surface area contributed by atoms with Crippen LogP contribution in [0.25, 0.3) is 11.3 Å². The van der Waals surface area contributed by atoms with Crippen molar-refractivity contribution in [2.75, 3.05) is 6.26 Å². The molecule has 0 aliphatic rings. The van der Waals surface area contributed by atoms with Crippen LogP contribution >= 0.6 is 0 Å². The van der Waals surface area contributed by atoms with Gasteiger partial charge in [0.15, 0.2) is 9.84 Å². The van der Waals surface area contributed by atoms with Gasteiger partial charge >= 0.3 is 5.97 Å². The summed E-state index contributed by atoms with van der Waals surface area (Å²) in [5.74, 6) is -1.15. The Kier molecular flexibility index (Phi) is 2.92. The number of nitrogens with zero attached hydrogens (tertiary/aromatic N) is 1. The lowest BCUT2D eigenvalue weighted by atomic mass is 10.1. The van der Waals surface area contributed by atoms with Crippen molar-refractivity contribution in [1.82, 2.24) is 10.2 Å². The number of aromatic nitrogens is 2. The van der Waals surface area contributed by atoms with Crippen molar-refractivity contribution in [3.8, 4) is 11.3 Å². The van der Waals surface area contributed by atoms with Crippen molar-refractivity contribution in [2.45, 2.75) is 4.90 Å². The zero-order chi connectivity index (χ0) is 13.3. The monoisotopic (exact) mass is 266 g/mol. The number of carboxylic acid groups (broad SMARTS) is 1. The molecule has 0 spiro atoms. The predicted molar refractivity (Wildman–Crippen MR) is 64.1 cm³/mol. The first-order chi connectivity index (χ1) is 8.39. The van der Waals surface area contributed by atoms with E-state index in [4.69, 9.17) is 5.11 Å². The summed E-state index contributed by atoms with van der Waals surface area (Å²) in [6.07, 6.45) is 1.09. The lowest BCUT2D eigenvalue weighted by Gasteiger charge is -2.04. The molecule has 6 nitrogen and oxygen atoms in total. The van der Waals surface area contributed by atoms with Crippen molar-refractivity contribution < 1.29 is 18.3 Å². The minimum absolute atomic E-state index is 0.0895. The van der Waals surface area contributed by atoms with Crippen LogP contribution in [-0.2, 0) is 9.84 Å². The average molecular weight is 266 g/mol. The van der Waals surface area contributed by atoms with Crippen molar-refractivity contribution in [2.24, 2.45) is 0 Å². The van der Waals surface area contributed by atoms with E-state index in [0.717, 1.165) is 6.26 Å². The number of sulfone groups is 1. The molecule has 1 aromatic heterocycles. The van der Waals surface area contributed by atoms with Gasteiger partial charge in [0, 0.05) is 11.8 Å². The Bertz CT molecular complexity index is 703. The van der Waals surface area contributed by atoms with Crippen molar-refractivity contribution in [3.63, 3.8) is 0 Å². The number of H-pyrrole nitrogens is 1. The number of carboxylic acids is 1. The Hall–Kier alpha value is -2.15. The zero-order valence-corrected chi connectivity index (χ0v) is 10.2. The summed E-state index contributed by atoms with van der Waals surface area (Å²) in [6.45, 7) is 0. The van der Waals surface area contributed by atoms with E-state index in [1.165, 1.54) is 12.1 Å². The van der Waals surface area contributed by atoms with E-state index in [1.54, 1.807) is 18.2 Å². The number of hydrogen-bond acceptors (Lipinski definition) is 4. The maximum absolute atomic E-state index is 11.6. The molecule has 0 aliphatic carbocycles. The molecule has 0 bridgehead atoms. The highest BCUT2D eigenvalue weighted by atomic mass is 32.2. The normalized spacial score (nSPS) is 11.4. The number of aromatic carboxylic acids is 1. The molecule has 0 aliphatic heterocycles. The van der Waals surface area contributed by atoms with Gasteiger partial charge in [-0.15, -0.1) is 0 Å². The highest BCUT2D eigenvalue weighted by Gasteiger charge is 2.17. The summed E-state index contributed by atoms with van der Waals surface area (Å²) in [5, 5.41) is 14.9. The predicted octanol–water partition coefficient (Wildman–Crippen LogP) is 1.18. The van der Waals surface area contributed by atoms with Crippen molar-refractivity contribution in [3.05, 3.63) is 36.0 Å². The van der Waals surface area contributed by atoms with E-state index in [9.17, 15) is 13.2 Å². The van der Waals surface area contributed by atoms with Crippen LogP contribution in [0.4, 0.5) is 0 Å². The smallest absolute Gasteiger partial charge is 0.353 e. The molecule has 0 fully saturated rings. The van der Waals surface area contributed by atoms with Gasteiger partial charge in [-0.3, -0.25) is 5.10 Å². The van der Waals surface area contributed by atoms with E-state index in [1.807, 2.05) is 0 Å². The third kappa shape index (κ3) is 2.25. The third-order valence-corrected chi connectivity index (χ3v) is 3.53. The molecule has 0 atom stereocenters. The number of carbonyl (C=O) groups is 1. The first-order valence-corrected chi connectivity index (χ1v) is 6.87. The Morgan fingerprint density at radius 2 is 2.00 bits per heavy atom. The summed E-state index contributed by atoms with van der Waals surface area (Å²) in [4.78, 5) is 10.9. The van der Waals surface area contributed by atoms with Crippen LogP contribution in [0.3, 0.4) is 0 Å². The lowest BCUT2D eigenvalue weighted by molar-refractivity contribution is 0.0690. The molecular weight excluding hydrogens is 256 g/mol. The maximum atomic E-state index is 11.6. The van der Waals surface area contributed by atoms with Gasteiger partial charge < -0.3 is 5.11 Å². The first kappa shape index (κ1) is 12.3. The fraction of sp³-hybridized carbons (Fsp3) is 0.0909. The Labute approximate surface area is 103 Å². The first-order valence-electron chi connectivity index (χ1n) is 4.98.